The third-order valence-corrected chi connectivity index (χ3v) is 6.66. The van der Waals surface area contributed by atoms with Gasteiger partial charge in [0.25, 0.3) is 0 Å². The summed E-state index contributed by atoms with van der Waals surface area (Å²) in [6.45, 7) is 7.29. The molecule has 0 radical (unpaired) electrons. The van der Waals surface area contributed by atoms with Crippen molar-refractivity contribution in [3.8, 4) is 0 Å². The van der Waals surface area contributed by atoms with Gasteiger partial charge in [0.05, 0.1) is 19.1 Å². The lowest BCUT2D eigenvalue weighted by atomic mass is 9.87. The summed E-state index contributed by atoms with van der Waals surface area (Å²) in [7, 11) is 0. The molecule has 186 valence electrons. The molecular formula is C28H31ClF2N2O2. The second-order valence-electron chi connectivity index (χ2n) is 9.72. The first kappa shape index (κ1) is 25.4. The van der Waals surface area contributed by atoms with E-state index in [0.717, 1.165) is 28.6 Å². The number of hydrogen-bond acceptors (Lipinski definition) is 3. The van der Waals surface area contributed by atoms with Crippen molar-refractivity contribution in [1.29, 1.82) is 0 Å². The minimum atomic E-state index is -1.48. The Hall–Kier alpha value is -2.70. The zero-order chi connectivity index (χ0) is 25.3. The fourth-order valence-corrected chi connectivity index (χ4v) is 5.29. The molecule has 1 aliphatic rings. The normalized spacial score (nSPS) is 18.8. The maximum atomic E-state index is 15.7. The van der Waals surface area contributed by atoms with Crippen LogP contribution in [0.5, 0.6) is 0 Å². The SMILES string of the molecule is CCOC(=O)C/C=C/c1cc(F)c([C@@H]2c3[nH]c4ccccc4c3C[C@@H](C)N2CC(C)(C)F)c(Cl)c1. The van der Waals surface area contributed by atoms with Crippen LogP contribution in [0.4, 0.5) is 8.78 Å². The van der Waals surface area contributed by atoms with E-state index in [1.807, 2.05) is 30.0 Å². The van der Waals surface area contributed by atoms with E-state index in [4.69, 9.17) is 16.3 Å². The van der Waals surface area contributed by atoms with Crippen molar-refractivity contribution in [2.24, 2.45) is 0 Å². The van der Waals surface area contributed by atoms with Gasteiger partial charge in [-0.15, -0.1) is 0 Å². The number of rotatable bonds is 7. The fourth-order valence-electron chi connectivity index (χ4n) is 4.97. The summed E-state index contributed by atoms with van der Waals surface area (Å²) < 4.78 is 35.6. The predicted molar refractivity (Wildman–Crippen MR) is 137 cm³/mol. The van der Waals surface area contributed by atoms with Gasteiger partial charge in [0.2, 0.25) is 0 Å². The molecule has 2 heterocycles. The number of para-hydroxylation sites is 1. The third kappa shape index (κ3) is 5.44. The topological polar surface area (TPSA) is 45.3 Å². The van der Waals surface area contributed by atoms with Gasteiger partial charge >= 0.3 is 5.97 Å². The van der Waals surface area contributed by atoms with Crippen molar-refractivity contribution in [2.45, 2.75) is 58.3 Å². The van der Waals surface area contributed by atoms with Crippen molar-refractivity contribution >= 4 is 34.5 Å². The summed E-state index contributed by atoms with van der Waals surface area (Å²) in [5, 5.41) is 1.35. The molecule has 1 aromatic heterocycles. The largest absolute Gasteiger partial charge is 0.466 e. The lowest BCUT2D eigenvalue weighted by Gasteiger charge is -2.43. The van der Waals surface area contributed by atoms with Crippen molar-refractivity contribution in [3.05, 3.63) is 75.7 Å². The van der Waals surface area contributed by atoms with Crippen molar-refractivity contribution in [2.75, 3.05) is 13.2 Å². The summed E-state index contributed by atoms with van der Waals surface area (Å²) in [6.07, 6.45) is 4.09. The molecule has 1 aliphatic heterocycles. The van der Waals surface area contributed by atoms with Gasteiger partial charge in [-0.2, -0.15) is 0 Å². The van der Waals surface area contributed by atoms with Crippen LogP contribution in [0.15, 0.2) is 42.5 Å². The molecule has 1 N–H and O–H groups in total. The quantitative estimate of drug-likeness (QED) is 0.355. The van der Waals surface area contributed by atoms with Crippen molar-refractivity contribution in [3.63, 3.8) is 0 Å². The average molecular weight is 501 g/mol. The Kier molecular flexibility index (Phi) is 7.34. The average Bonchev–Trinajstić information content (AvgIpc) is 3.13. The Labute approximate surface area is 209 Å². The van der Waals surface area contributed by atoms with Crippen LogP contribution in [0.25, 0.3) is 17.0 Å². The molecule has 2 atom stereocenters. The Bertz CT molecular complexity index is 1240. The van der Waals surface area contributed by atoms with Crippen LogP contribution in [0.1, 0.15) is 62.5 Å². The zero-order valence-electron chi connectivity index (χ0n) is 20.5. The van der Waals surface area contributed by atoms with Crippen LogP contribution in [0, 0.1) is 5.82 Å². The first-order valence-corrected chi connectivity index (χ1v) is 12.3. The Morgan fingerprint density at radius 1 is 1.31 bits per heavy atom. The number of hydrogen-bond donors (Lipinski definition) is 1. The smallest absolute Gasteiger partial charge is 0.309 e. The minimum absolute atomic E-state index is 0.0265. The molecule has 0 saturated carbocycles. The minimum Gasteiger partial charge on any atom is -0.466 e. The van der Waals surface area contributed by atoms with E-state index >= 15 is 4.39 Å². The van der Waals surface area contributed by atoms with E-state index in [1.54, 1.807) is 25.1 Å². The molecule has 3 aromatic rings. The number of carbonyl (C=O) groups is 1. The van der Waals surface area contributed by atoms with Gasteiger partial charge in [0.15, 0.2) is 0 Å². The number of aromatic nitrogens is 1. The Morgan fingerprint density at radius 3 is 2.74 bits per heavy atom. The van der Waals surface area contributed by atoms with Crippen LogP contribution >= 0.6 is 11.6 Å². The van der Waals surface area contributed by atoms with Crippen molar-refractivity contribution in [1.82, 2.24) is 9.88 Å². The molecule has 0 aliphatic carbocycles. The highest BCUT2D eigenvalue weighted by atomic mass is 35.5. The molecule has 0 spiro atoms. The fraction of sp³-hybridized carbons (Fsp3) is 0.393. The van der Waals surface area contributed by atoms with E-state index in [-0.39, 0.29) is 30.0 Å². The van der Waals surface area contributed by atoms with E-state index in [0.29, 0.717) is 17.7 Å². The number of fused-ring (bicyclic) bond motifs is 3. The number of ether oxygens (including phenoxy) is 1. The van der Waals surface area contributed by atoms with Crippen LogP contribution < -0.4 is 0 Å². The summed E-state index contributed by atoms with van der Waals surface area (Å²) in [5.74, 6) is -0.822. The van der Waals surface area contributed by atoms with Gasteiger partial charge in [0, 0.05) is 39.8 Å². The first-order chi connectivity index (χ1) is 16.6. The van der Waals surface area contributed by atoms with Gasteiger partial charge in [0.1, 0.15) is 11.5 Å². The van der Waals surface area contributed by atoms with Crippen LogP contribution in [-0.4, -0.2) is 40.7 Å². The van der Waals surface area contributed by atoms with E-state index < -0.39 is 17.5 Å². The number of esters is 1. The molecule has 0 fully saturated rings. The molecule has 35 heavy (non-hydrogen) atoms. The standard InChI is InChI=1S/C28H31ClF2N2O2/c1-5-35-24(34)12-8-9-18-14-21(29)25(22(30)15-18)27-26-20(19-10-6-7-11-23(19)32-26)13-17(2)33(27)16-28(3,4)31/h6-11,14-15,17,27,32H,5,12-13,16H2,1-4H3/b9-8+/t17-,27-/m1/s1. The number of nitrogens with zero attached hydrogens (tertiary/aromatic N) is 1. The molecule has 0 saturated heterocycles. The highest BCUT2D eigenvalue weighted by Crippen LogP contribution is 2.44. The number of H-pyrrole nitrogens is 1. The molecule has 7 heteroatoms. The van der Waals surface area contributed by atoms with E-state index in [1.165, 1.54) is 19.9 Å². The number of halogens is 3. The van der Waals surface area contributed by atoms with Crippen LogP contribution in [0.2, 0.25) is 5.02 Å². The summed E-state index contributed by atoms with van der Waals surface area (Å²) >= 11 is 6.71. The first-order valence-electron chi connectivity index (χ1n) is 11.9. The number of benzene rings is 2. The monoisotopic (exact) mass is 500 g/mol. The second-order valence-corrected chi connectivity index (χ2v) is 10.1. The molecule has 4 rings (SSSR count). The summed E-state index contributed by atoms with van der Waals surface area (Å²) in [5.41, 5.74) is 2.30. The van der Waals surface area contributed by atoms with Crippen molar-refractivity contribution < 1.29 is 18.3 Å². The lowest BCUT2D eigenvalue weighted by Crippen LogP contribution is -2.48. The maximum Gasteiger partial charge on any atom is 0.309 e. The summed E-state index contributed by atoms with van der Waals surface area (Å²) in [4.78, 5) is 17.1. The Morgan fingerprint density at radius 2 is 2.06 bits per heavy atom. The van der Waals surface area contributed by atoms with Gasteiger partial charge < -0.3 is 9.72 Å². The van der Waals surface area contributed by atoms with Gasteiger partial charge in [-0.1, -0.05) is 42.0 Å². The summed E-state index contributed by atoms with van der Waals surface area (Å²) in [6, 6.07) is 10.5. The van der Waals surface area contributed by atoms with Gasteiger partial charge in [-0.3, -0.25) is 9.69 Å². The van der Waals surface area contributed by atoms with Crippen LogP contribution in [-0.2, 0) is 16.0 Å². The molecule has 4 nitrogen and oxygen atoms in total. The maximum absolute atomic E-state index is 15.7. The highest BCUT2D eigenvalue weighted by molar-refractivity contribution is 6.31. The highest BCUT2D eigenvalue weighted by Gasteiger charge is 2.40. The van der Waals surface area contributed by atoms with Crippen LogP contribution in [0.3, 0.4) is 0 Å². The van der Waals surface area contributed by atoms with E-state index in [9.17, 15) is 9.18 Å². The molecule has 0 amide bonds. The lowest BCUT2D eigenvalue weighted by molar-refractivity contribution is -0.142. The molecule has 0 unspecified atom stereocenters. The third-order valence-electron chi connectivity index (χ3n) is 6.35. The number of carbonyl (C=O) groups excluding carboxylic acids is 1. The Balaban J connectivity index is 1.79. The number of alkyl halides is 1. The molecule has 0 bridgehead atoms. The van der Waals surface area contributed by atoms with Gasteiger partial charge in [-0.25, -0.2) is 8.78 Å². The number of aromatic amines is 1. The van der Waals surface area contributed by atoms with E-state index in [2.05, 4.69) is 11.1 Å². The second kappa shape index (κ2) is 10.1. The zero-order valence-corrected chi connectivity index (χ0v) is 21.3. The number of nitrogens with one attached hydrogen (secondary N) is 1. The molecular weight excluding hydrogens is 470 g/mol. The molecule has 2 aromatic carbocycles. The van der Waals surface area contributed by atoms with Gasteiger partial charge in [-0.05, 0) is 63.4 Å². The predicted octanol–water partition coefficient (Wildman–Crippen LogP) is 7.01.